The van der Waals surface area contributed by atoms with Crippen molar-refractivity contribution in [1.82, 2.24) is 9.62 Å². The van der Waals surface area contributed by atoms with Crippen molar-refractivity contribution in [1.29, 1.82) is 0 Å². The fourth-order valence-electron chi connectivity index (χ4n) is 4.42. The Bertz CT molecular complexity index is 1120. The van der Waals surface area contributed by atoms with Crippen LogP contribution < -0.4 is 10.4 Å². The fourth-order valence-corrected chi connectivity index (χ4v) is 6.13. The van der Waals surface area contributed by atoms with Crippen molar-refractivity contribution in [3.05, 3.63) is 35.4 Å². The number of carbonyl (C=O) groups excluding carboxylic acids is 3. The lowest BCUT2D eigenvalue weighted by Crippen LogP contribution is -2.61. The third-order valence-corrected chi connectivity index (χ3v) is 7.96. The van der Waals surface area contributed by atoms with Crippen molar-refractivity contribution < 1.29 is 55.5 Å². The Hall–Kier alpha value is -3.20. The maximum Gasteiger partial charge on any atom is 0.430 e. The highest BCUT2D eigenvalue weighted by Crippen LogP contribution is 2.33. The van der Waals surface area contributed by atoms with Gasteiger partial charge in [-0.2, -0.15) is 13.2 Å². The molecule has 0 saturated carbocycles. The second-order valence-electron chi connectivity index (χ2n) is 8.89. The molecule has 2 atom stereocenters. The SMILES string of the molecule is CCCS(=O)(=O)N1C(=O)C[N+]2(Cc3ccc(C(=O)NCCC(=O)O)cc3)CCC1C2.O=C([O-])C(F)(F)F. The molecular formula is C22H28F3N3O8S. The summed E-state index contributed by atoms with van der Waals surface area (Å²) >= 11 is 0. The third-order valence-electron chi connectivity index (χ3n) is 5.93. The van der Waals surface area contributed by atoms with E-state index >= 15 is 0 Å². The Labute approximate surface area is 211 Å². The number of rotatable bonds is 9. The topological polar surface area (TPSA) is 161 Å². The van der Waals surface area contributed by atoms with Crippen LogP contribution >= 0.6 is 0 Å². The van der Waals surface area contributed by atoms with Crippen LogP contribution in [-0.4, -0.2) is 90.2 Å². The summed E-state index contributed by atoms with van der Waals surface area (Å²) in [6.07, 6.45) is -4.18. The van der Waals surface area contributed by atoms with Gasteiger partial charge in [-0.1, -0.05) is 19.1 Å². The molecule has 0 spiro atoms. The highest BCUT2D eigenvalue weighted by Gasteiger charge is 2.52. The minimum absolute atomic E-state index is 0.00870. The maximum absolute atomic E-state index is 12.7. The first kappa shape index (κ1) is 30.0. The molecule has 2 N–H and O–H groups in total. The summed E-state index contributed by atoms with van der Waals surface area (Å²) in [5.74, 6) is -4.65. The summed E-state index contributed by atoms with van der Waals surface area (Å²) in [7, 11) is -3.55. The number of aliphatic carboxylic acids is 2. The Morgan fingerprint density at radius 1 is 1.22 bits per heavy atom. The number of piperazine rings is 1. The van der Waals surface area contributed by atoms with Gasteiger partial charge in [0.2, 0.25) is 10.0 Å². The summed E-state index contributed by atoms with van der Waals surface area (Å²) in [5, 5.41) is 20.0. The largest absolute Gasteiger partial charge is 0.542 e. The number of alkyl halides is 3. The van der Waals surface area contributed by atoms with Gasteiger partial charge in [-0.15, -0.1) is 0 Å². The van der Waals surface area contributed by atoms with Crippen LogP contribution in [-0.2, 0) is 31.0 Å². The number of carboxylic acid groups (broad SMARTS) is 2. The molecule has 2 saturated heterocycles. The number of amides is 2. The van der Waals surface area contributed by atoms with E-state index in [0.29, 0.717) is 36.0 Å². The van der Waals surface area contributed by atoms with Crippen molar-refractivity contribution in [2.45, 2.75) is 44.9 Å². The number of quaternary nitrogens is 1. The van der Waals surface area contributed by atoms with Gasteiger partial charge in [0.15, 0.2) is 6.54 Å². The first-order chi connectivity index (χ1) is 17.1. The van der Waals surface area contributed by atoms with Gasteiger partial charge in [0.1, 0.15) is 25.1 Å². The van der Waals surface area contributed by atoms with Crippen LogP contribution in [0.25, 0.3) is 0 Å². The summed E-state index contributed by atoms with van der Waals surface area (Å²) in [4.78, 5) is 44.1. The van der Waals surface area contributed by atoms with Crippen LogP contribution in [0.15, 0.2) is 24.3 Å². The zero-order valence-corrected chi connectivity index (χ0v) is 20.8. The predicted molar refractivity (Wildman–Crippen MR) is 120 cm³/mol. The zero-order chi connectivity index (χ0) is 28.0. The minimum atomic E-state index is -5.19. The molecule has 3 rings (SSSR count). The van der Waals surface area contributed by atoms with Crippen molar-refractivity contribution >= 4 is 33.8 Å². The molecule has 2 aliphatic heterocycles. The van der Waals surface area contributed by atoms with Gasteiger partial charge in [0.05, 0.1) is 18.7 Å². The Balaban J connectivity index is 0.000000604. The van der Waals surface area contributed by atoms with Crippen LogP contribution in [0.1, 0.15) is 42.1 Å². The molecule has 2 heterocycles. The predicted octanol–water partition coefficient (Wildman–Crippen LogP) is -0.139. The molecule has 206 valence electrons. The Morgan fingerprint density at radius 2 is 1.81 bits per heavy atom. The summed E-state index contributed by atoms with van der Waals surface area (Å²) in [6, 6.07) is 6.75. The molecule has 2 fully saturated rings. The van der Waals surface area contributed by atoms with E-state index in [-0.39, 0.29) is 43.1 Å². The number of halogens is 3. The number of sulfonamides is 1. The molecule has 0 radical (unpaired) electrons. The fraction of sp³-hybridized carbons (Fsp3) is 0.545. The lowest BCUT2D eigenvalue weighted by molar-refractivity contribution is -0.925. The average Bonchev–Trinajstić information content (AvgIpc) is 3.09. The van der Waals surface area contributed by atoms with E-state index in [2.05, 4.69) is 5.32 Å². The number of hydrogen-bond acceptors (Lipinski definition) is 7. The minimum Gasteiger partial charge on any atom is -0.542 e. The molecule has 11 nitrogen and oxygen atoms in total. The van der Waals surface area contributed by atoms with Crippen molar-refractivity contribution in [2.75, 3.05) is 31.9 Å². The summed E-state index contributed by atoms with van der Waals surface area (Å²) < 4.78 is 58.2. The lowest BCUT2D eigenvalue weighted by atomic mass is 10.1. The first-order valence-electron chi connectivity index (χ1n) is 11.4. The normalized spacial score (nSPS) is 21.1. The van der Waals surface area contributed by atoms with E-state index in [1.54, 1.807) is 19.1 Å². The zero-order valence-electron chi connectivity index (χ0n) is 20.0. The van der Waals surface area contributed by atoms with Gasteiger partial charge in [0.25, 0.3) is 11.8 Å². The number of fused-ring (bicyclic) bond motifs is 2. The van der Waals surface area contributed by atoms with Crippen LogP contribution in [0, 0.1) is 0 Å². The smallest absolute Gasteiger partial charge is 0.430 e. The highest BCUT2D eigenvalue weighted by atomic mass is 32.2. The number of benzene rings is 1. The van der Waals surface area contributed by atoms with Crippen molar-refractivity contribution in [2.24, 2.45) is 0 Å². The highest BCUT2D eigenvalue weighted by molar-refractivity contribution is 7.89. The quantitative estimate of drug-likeness (QED) is 0.401. The monoisotopic (exact) mass is 551 g/mol. The summed E-state index contributed by atoms with van der Waals surface area (Å²) in [6.45, 7) is 3.98. The van der Waals surface area contributed by atoms with E-state index in [0.717, 1.165) is 16.4 Å². The van der Waals surface area contributed by atoms with Gasteiger partial charge in [-0.3, -0.25) is 14.4 Å². The molecule has 1 aromatic carbocycles. The number of nitrogens with zero attached hydrogens (tertiary/aromatic N) is 2. The van der Waals surface area contributed by atoms with Crippen LogP contribution in [0.4, 0.5) is 13.2 Å². The molecule has 37 heavy (non-hydrogen) atoms. The van der Waals surface area contributed by atoms with Crippen LogP contribution in [0.5, 0.6) is 0 Å². The second-order valence-corrected chi connectivity index (χ2v) is 10.9. The lowest BCUT2D eigenvalue weighted by Gasteiger charge is -2.40. The van der Waals surface area contributed by atoms with Gasteiger partial charge in [-0.25, -0.2) is 12.7 Å². The number of nitrogens with one attached hydrogen (secondary N) is 1. The standard InChI is InChI=1S/C20H27N3O6S.C2HF3O2/c1-2-11-30(28,29)22-17-8-10-23(13-17,14-18(22)24)12-15-3-5-16(6-4-15)20(27)21-9-7-19(25)26;3-2(4,5)1(6)7/h3-6,17H,2,7-14H2,1H3,(H-,21,25,26,27);(H,6,7). The number of hydrogen-bond donors (Lipinski definition) is 2. The molecule has 2 unspecified atom stereocenters. The summed E-state index contributed by atoms with van der Waals surface area (Å²) in [5.41, 5.74) is 1.41. The van der Waals surface area contributed by atoms with Crippen LogP contribution in [0.2, 0.25) is 0 Å². The maximum atomic E-state index is 12.7. The molecule has 0 aromatic heterocycles. The van der Waals surface area contributed by atoms with Gasteiger partial charge >= 0.3 is 12.1 Å². The Morgan fingerprint density at radius 3 is 2.32 bits per heavy atom. The van der Waals surface area contributed by atoms with E-state index < -0.39 is 28.1 Å². The first-order valence-corrected chi connectivity index (χ1v) is 13.0. The van der Waals surface area contributed by atoms with Crippen molar-refractivity contribution in [3.63, 3.8) is 0 Å². The van der Waals surface area contributed by atoms with Gasteiger partial charge in [0, 0.05) is 24.1 Å². The number of carboxylic acids is 2. The molecule has 15 heteroatoms. The Kier molecular flexibility index (Phi) is 9.66. The van der Waals surface area contributed by atoms with Gasteiger partial charge < -0.3 is 24.8 Å². The molecule has 1 aromatic rings. The molecule has 2 bridgehead atoms. The molecule has 0 aliphatic carbocycles. The van der Waals surface area contributed by atoms with E-state index in [9.17, 15) is 36.0 Å². The van der Waals surface area contributed by atoms with Crippen molar-refractivity contribution in [3.8, 4) is 0 Å². The second kappa shape index (κ2) is 11.9. The van der Waals surface area contributed by atoms with E-state index in [1.165, 1.54) is 0 Å². The van der Waals surface area contributed by atoms with E-state index in [1.807, 2.05) is 12.1 Å². The van der Waals surface area contributed by atoms with Crippen LogP contribution in [0.3, 0.4) is 0 Å². The number of carbonyl (C=O) groups is 4. The van der Waals surface area contributed by atoms with Gasteiger partial charge in [-0.05, 0) is 18.6 Å². The molecule has 2 amide bonds. The molecular weight excluding hydrogens is 523 g/mol. The average molecular weight is 552 g/mol. The third kappa shape index (κ3) is 8.15. The molecule has 2 aliphatic rings. The van der Waals surface area contributed by atoms with E-state index in [4.69, 9.17) is 15.0 Å².